The number of fused-ring (bicyclic) bond motifs is 1. The number of aromatic nitrogens is 4. The Morgan fingerprint density at radius 1 is 1.06 bits per heavy atom. The number of hydrogen-bond donors (Lipinski definition) is 0. The van der Waals surface area contributed by atoms with E-state index in [9.17, 15) is 18.8 Å². The highest BCUT2D eigenvalue weighted by atomic mass is 32.2. The largest absolute Gasteiger partial charge is 0.332 e. The average Bonchev–Trinajstić information content (AvgIpc) is 2.72. The van der Waals surface area contributed by atoms with Gasteiger partial charge in [-0.1, -0.05) is 20.8 Å². The van der Waals surface area contributed by atoms with Gasteiger partial charge in [0.25, 0.3) is 5.56 Å². The van der Waals surface area contributed by atoms with Gasteiger partial charge in [0, 0.05) is 31.5 Å². The maximum absolute atomic E-state index is 13.0. The van der Waals surface area contributed by atoms with E-state index in [1.165, 1.54) is 47.6 Å². The number of benzene rings is 1. The Morgan fingerprint density at radius 3 is 2.32 bits per heavy atom. The lowest BCUT2D eigenvalue weighted by Gasteiger charge is -2.19. The van der Waals surface area contributed by atoms with Gasteiger partial charge in [-0.25, -0.2) is 19.2 Å². The molecule has 0 N–H and O–H groups in total. The molecule has 0 saturated heterocycles. The van der Waals surface area contributed by atoms with Crippen molar-refractivity contribution in [2.45, 2.75) is 44.1 Å². The number of thioether (sulfide) groups is 1. The lowest BCUT2D eigenvalue weighted by atomic mass is 9.96. The average molecular weight is 445 g/mol. The third-order valence-corrected chi connectivity index (χ3v) is 5.95. The van der Waals surface area contributed by atoms with Crippen molar-refractivity contribution in [1.29, 1.82) is 0 Å². The zero-order valence-corrected chi connectivity index (χ0v) is 19.0. The van der Waals surface area contributed by atoms with Crippen molar-refractivity contribution >= 4 is 28.6 Å². The van der Waals surface area contributed by atoms with Gasteiger partial charge in [-0.2, -0.15) is 0 Å². The van der Waals surface area contributed by atoms with Gasteiger partial charge in [-0.15, -0.1) is 11.8 Å². The Hall–Kier alpha value is -2.81. The van der Waals surface area contributed by atoms with Crippen molar-refractivity contribution in [3.05, 3.63) is 62.3 Å². The predicted molar refractivity (Wildman–Crippen MR) is 119 cm³/mol. The topological polar surface area (TPSA) is 86.8 Å². The highest BCUT2D eigenvalue weighted by Crippen LogP contribution is 2.27. The molecule has 0 fully saturated rings. The third kappa shape index (κ3) is 4.76. The number of halogens is 1. The van der Waals surface area contributed by atoms with E-state index in [0.29, 0.717) is 46.0 Å². The summed E-state index contributed by atoms with van der Waals surface area (Å²) in [6, 6.07) is 5.48. The first-order chi connectivity index (χ1) is 14.5. The van der Waals surface area contributed by atoms with E-state index in [1.54, 1.807) is 7.05 Å². The first-order valence-electron chi connectivity index (χ1n) is 9.90. The second-order valence-corrected chi connectivity index (χ2v) is 9.47. The Kier molecular flexibility index (Phi) is 6.45. The minimum Gasteiger partial charge on any atom is -0.294 e. The van der Waals surface area contributed by atoms with Crippen LogP contribution in [0.4, 0.5) is 4.39 Å². The van der Waals surface area contributed by atoms with Crippen LogP contribution >= 0.6 is 11.8 Å². The van der Waals surface area contributed by atoms with Gasteiger partial charge in [0.15, 0.2) is 11.4 Å². The molecule has 2 aromatic heterocycles. The molecule has 1 aromatic carbocycles. The zero-order valence-electron chi connectivity index (χ0n) is 18.2. The summed E-state index contributed by atoms with van der Waals surface area (Å²) in [6.45, 7) is 5.88. The number of ketones is 1. The van der Waals surface area contributed by atoms with Crippen molar-refractivity contribution < 1.29 is 9.18 Å². The molecular weight excluding hydrogens is 419 g/mol. The molecule has 0 bridgehead atoms. The van der Waals surface area contributed by atoms with E-state index in [2.05, 4.69) is 9.97 Å². The number of carbonyl (C=O) groups is 1. The molecule has 7 nitrogen and oxygen atoms in total. The molecule has 3 aromatic rings. The molecule has 164 valence electrons. The van der Waals surface area contributed by atoms with E-state index in [0.717, 1.165) is 4.57 Å². The minimum absolute atomic E-state index is 0.0677. The van der Waals surface area contributed by atoms with Crippen LogP contribution in [0.5, 0.6) is 0 Å². The van der Waals surface area contributed by atoms with Gasteiger partial charge in [0.2, 0.25) is 0 Å². The van der Waals surface area contributed by atoms with Crippen molar-refractivity contribution in [2.24, 2.45) is 14.1 Å². The SMILES string of the molecule is Cn1c(=O)c2c(SCCCC(=O)c3ccc(F)cc3)nc(C(C)(C)C)nc2n(C)c1=O. The van der Waals surface area contributed by atoms with E-state index < -0.39 is 11.2 Å². The molecule has 0 atom stereocenters. The number of aryl methyl sites for hydroxylation is 1. The molecular formula is C22H25FN4O3S. The standard InChI is InChI=1S/C22H25FN4O3S/c1-22(2,3)20-24-17-16(19(29)27(5)21(30)26(17)4)18(25-20)31-12-6-7-15(28)13-8-10-14(23)11-9-13/h8-11H,6-7,12H2,1-5H3. The number of Topliss-reactive ketones (excluding diaryl/α,β-unsaturated/α-hetero) is 1. The van der Waals surface area contributed by atoms with E-state index >= 15 is 0 Å². The predicted octanol–water partition coefficient (Wildman–Crippen LogP) is 3.22. The summed E-state index contributed by atoms with van der Waals surface area (Å²) < 4.78 is 15.4. The Bertz CT molecular complexity index is 1260. The van der Waals surface area contributed by atoms with Crippen LogP contribution in [0.1, 0.15) is 49.8 Å². The molecule has 0 aliphatic heterocycles. The summed E-state index contributed by atoms with van der Waals surface area (Å²) in [5, 5.41) is 0.799. The monoisotopic (exact) mass is 444 g/mol. The molecule has 0 amide bonds. The van der Waals surface area contributed by atoms with Crippen molar-refractivity contribution in [3.8, 4) is 0 Å². The van der Waals surface area contributed by atoms with Crippen LogP contribution in [-0.4, -0.2) is 30.6 Å². The molecule has 0 unspecified atom stereocenters. The van der Waals surface area contributed by atoms with Crippen molar-refractivity contribution in [2.75, 3.05) is 5.75 Å². The summed E-state index contributed by atoms with van der Waals surface area (Å²) >= 11 is 1.37. The maximum atomic E-state index is 13.0. The zero-order chi connectivity index (χ0) is 22.9. The van der Waals surface area contributed by atoms with Crippen molar-refractivity contribution in [1.82, 2.24) is 19.1 Å². The number of hydrogen-bond acceptors (Lipinski definition) is 6. The van der Waals surface area contributed by atoms with Gasteiger partial charge in [-0.3, -0.25) is 18.7 Å². The van der Waals surface area contributed by atoms with Crippen molar-refractivity contribution in [3.63, 3.8) is 0 Å². The normalized spacial score (nSPS) is 11.8. The quantitative estimate of drug-likeness (QED) is 0.251. The van der Waals surface area contributed by atoms with Crippen LogP contribution in [0.15, 0.2) is 38.9 Å². The van der Waals surface area contributed by atoms with Crippen LogP contribution in [0.25, 0.3) is 11.0 Å². The van der Waals surface area contributed by atoms with Gasteiger partial charge < -0.3 is 0 Å². The molecule has 0 aliphatic rings. The second kappa shape index (κ2) is 8.74. The van der Waals surface area contributed by atoms with Gasteiger partial charge in [-0.05, 0) is 36.4 Å². The molecule has 0 spiro atoms. The second-order valence-electron chi connectivity index (χ2n) is 8.39. The summed E-state index contributed by atoms with van der Waals surface area (Å²) in [7, 11) is 3.01. The first-order valence-corrected chi connectivity index (χ1v) is 10.9. The lowest BCUT2D eigenvalue weighted by molar-refractivity contribution is 0.0982. The number of carbonyl (C=O) groups excluding carboxylic acids is 1. The fourth-order valence-corrected chi connectivity index (χ4v) is 4.01. The number of rotatable bonds is 6. The van der Waals surface area contributed by atoms with Gasteiger partial charge in [0.1, 0.15) is 22.1 Å². The molecule has 3 rings (SSSR count). The molecule has 0 aliphatic carbocycles. The fraction of sp³-hybridized carbons (Fsp3) is 0.409. The van der Waals surface area contributed by atoms with E-state index in [-0.39, 0.29) is 17.0 Å². The summed E-state index contributed by atoms with van der Waals surface area (Å²) in [5.74, 6) is 0.637. The lowest BCUT2D eigenvalue weighted by Crippen LogP contribution is -2.38. The molecule has 9 heteroatoms. The Labute approximate surface area is 183 Å². The fourth-order valence-electron chi connectivity index (χ4n) is 3.05. The summed E-state index contributed by atoms with van der Waals surface area (Å²) in [4.78, 5) is 46.6. The summed E-state index contributed by atoms with van der Waals surface area (Å²) in [6.07, 6.45) is 0.855. The first kappa shape index (κ1) is 22.9. The van der Waals surface area contributed by atoms with Crippen LogP contribution in [0.3, 0.4) is 0 Å². The Balaban J connectivity index is 1.88. The third-order valence-electron chi connectivity index (χ3n) is 4.89. The van der Waals surface area contributed by atoms with Crippen LogP contribution in [-0.2, 0) is 19.5 Å². The van der Waals surface area contributed by atoms with Crippen LogP contribution < -0.4 is 11.2 Å². The maximum Gasteiger partial charge on any atom is 0.332 e. The number of nitrogens with zero attached hydrogens (tertiary/aromatic N) is 4. The van der Waals surface area contributed by atoms with Crippen LogP contribution in [0, 0.1) is 5.82 Å². The molecule has 0 radical (unpaired) electrons. The molecule has 0 saturated carbocycles. The smallest absolute Gasteiger partial charge is 0.294 e. The molecule has 2 heterocycles. The van der Waals surface area contributed by atoms with Gasteiger partial charge in [0.05, 0.1) is 0 Å². The van der Waals surface area contributed by atoms with Gasteiger partial charge >= 0.3 is 5.69 Å². The Morgan fingerprint density at radius 2 is 1.71 bits per heavy atom. The summed E-state index contributed by atoms with van der Waals surface area (Å²) in [5.41, 5.74) is -0.491. The van der Waals surface area contributed by atoms with E-state index in [4.69, 9.17) is 0 Å². The highest BCUT2D eigenvalue weighted by molar-refractivity contribution is 7.99. The van der Waals surface area contributed by atoms with Crippen LogP contribution in [0.2, 0.25) is 0 Å². The minimum atomic E-state index is -0.447. The highest BCUT2D eigenvalue weighted by Gasteiger charge is 2.23. The molecule has 31 heavy (non-hydrogen) atoms. The van der Waals surface area contributed by atoms with E-state index in [1.807, 2.05) is 20.8 Å².